The van der Waals surface area contributed by atoms with Crippen LogP contribution in [0, 0.1) is 6.92 Å². The summed E-state index contributed by atoms with van der Waals surface area (Å²) >= 11 is 0. The zero-order chi connectivity index (χ0) is 15.4. The van der Waals surface area contributed by atoms with Crippen molar-refractivity contribution in [3.63, 3.8) is 0 Å². The van der Waals surface area contributed by atoms with Crippen LogP contribution in [-0.4, -0.2) is 15.7 Å². The Labute approximate surface area is 131 Å². The van der Waals surface area contributed by atoms with E-state index in [0.29, 0.717) is 0 Å². The van der Waals surface area contributed by atoms with Gasteiger partial charge >= 0.3 is 0 Å². The fourth-order valence-corrected chi connectivity index (χ4v) is 2.79. The van der Waals surface area contributed by atoms with Crippen LogP contribution in [0.1, 0.15) is 48.8 Å². The van der Waals surface area contributed by atoms with Gasteiger partial charge in [-0.15, -0.1) is 0 Å². The lowest BCUT2D eigenvalue weighted by Gasteiger charge is -1.97. The molecule has 3 nitrogen and oxygen atoms in total. The van der Waals surface area contributed by atoms with Crippen molar-refractivity contribution in [1.82, 2.24) is 9.97 Å². The highest BCUT2D eigenvalue weighted by Gasteiger charge is 2.08. The van der Waals surface area contributed by atoms with Crippen molar-refractivity contribution in [1.29, 1.82) is 0 Å². The fraction of sp³-hybridized carbons (Fsp3) is 0.316. The highest BCUT2D eigenvalue weighted by molar-refractivity contribution is 6.10. The standard InChI is InChI=1S/C19H23N3/c1-3-4-5-7-15-12-17(21-14(15)2)13-16-9-10-19(22-16)18-8-6-11-20-18/h6,8-13,20-21H,3-5,7H2,1-2H3/b16-13-. The van der Waals surface area contributed by atoms with E-state index in [2.05, 4.69) is 53.1 Å². The van der Waals surface area contributed by atoms with Crippen LogP contribution in [-0.2, 0) is 6.42 Å². The largest absolute Gasteiger partial charge is 0.360 e. The SMILES string of the molecule is CCCCCc1cc(/C=C2/C=CC(c3ccc[nH]3)=N2)[nH]c1C. The fourth-order valence-electron chi connectivity index (χ4n) is 2.79. The van der Waals surface area contributed by atoms with Gasteiger partial charge in [0, 0.05) is 17.6 Å². The predicted octanol–water partition coefficient (Wildman–Crippen LogP) is 4.78. The first-order valence-corrected chi connectivity index (χ1v) is 8.07. The van der Waals surface area contributed by atoms with Crippen LogP contribution in [0.25, 0.3) is 6.08 Å². The van der Waals surface area contributed by atoms with E-state index in [-0.39, 0.29) is 0 Å². The first kappa shape index (κ1) is 14.6. The van der Waals surface area contributed by atoms with Gasteiger partial charge in [-0.25, -0.2) is 4.99 Å². The molecule has 2 N–H and O–H groups in total. The van der Waals surface area contributed by atoms with Crippen molar-refractivity contribution in [2.75, 3.05) is 0 Å². The summed E-state index contributed by atoms with van der Waals surface area (Å²) in [6.45, 7) is 4.40. The summed E-state index contributed by atoms with van der Waals surface area (Å²) in [4.78, 5) is 11.3. The van der Waals surface area contributed by atoms with Crippen LogP contribution in [0.2, 0.25) is 0 Å². The second-order valence-electron chi connectivity index (χ2n) is 5.82. The highest BCUT2D eigenvalue weighted by atomic mass is 14.8. The van der Waals surface area contributed by atoms with Crippen LogP contribution in [0.3, 0.4) is 0 Å². The third kappa shape index (κ3) is 3.30. The number of aryl methyl sites for hydroxylation is 2. The predicted molar refractivity (Wildman–Crippen MR) is 93.2 cm³/mol. The molecule has 0 amide bonds. The minimum Gasteiger partial charge on any atom is -0.360 e. The number of nitrogens with one attached hydrogen (secondary N) is 2. The van der Waals surface area contributed by atoms with Crippen LogP contribution < -0.4 is 0 Å². The number of unbranched alkanes of at least 4 members (excludes halogenated alkanes) is 2. The van der Waals surface area contributed by atoms with Crippen LogP contribution in [0.4, 0.5) is 0 Å². The molecule has 3 rings (SSSR count). The molecule has 22 heavy (non-hydrogen) atoms. The van der Waals surface area contributed by atoms with Gasteiger partial charge < -0.3 is 9.97 Å². The van der Waals surface area contributed by atoms with E-state index >= 15 is 0 Å². The number of aromatic amines is 2. The molecule has 3 heterocycles. The summed E-state index contributed by atoms with van der Waals surface area (Å²) in [5, 5.41) is 0. The maximum absolute atomic E-state index is 4.66. The summed E-state index contributed by atoms with van der Waals surface area (Å²) in [7, 11) is 0. The quantitative estimate of drug-likeness (QED) is 0.720. The monoisotopic (exact) mass is 293 g/mol. The molecule has 1 aliphatic rings. The summed E-state index contributed by atoms with van der Waals surface area (Å²) in [5.41, 5.74) is 6.88. The Bertz CT molecular complexity index is 712. The lowest BCUT2D eigenvalue weighted by Crippen LogP contribution is -1.92. The zero-order valence-corrected chi connectivity index (χ0v) is 13.3. The third-order valence-corrected chi connectivity index (χ3v) is 4.03. The van der Waals surface area contributed by atoms with Crippen LogP contribution in [0.15, 0.2) is 47.2 Å². The second-order valence-corrected chi connectivity index (χ2v) is 5.82. The van der Waals surface area contributed by atoms with Crippen molar-refractivity contribution in [2.24, 2.45) is 4.99 Å². The number of nitrogens with zero attached hydrogens (tertiary/aromatic N) is 1. The molecule has 2 aromatic rings. The molecule has 0 bridgehead atoms. The molecule has 3 heteroatoms. The molecule has 2 aromatic heterocycles. The molecule has 0 unspecified atom stereocenters. The van der Waals surface area contributed by atoms with Crippen molar-refractivity contribution in [3.05, 3.63) is 64.9 Å². The number of hydrogen-bond donors (Lipinski definition) is 2. The molecule has 0 fully saturated rings. The van der Waals surface area contributed by atoms with Gasteiger partial charge in [0.15, 0.2) is 0 Å². The Hall–Kier alpha value is -2.29. The Morgan fingerprint density at radius 3 is 2.91 bits per heavy atom. The Kier molecular flexibility index (Phi) is 4.42. The van der Waals surface area contributed by atoms with Gasteiger partial charge in [-0.1, -0.05) is 19.8 Å². The molecular formula is C19H23N3. The van der Waals surface area contributed by atoms with E-state index in [1.54, 1.807) is 0 Å². The zero-order valence-electron chi connectivity index (χ0n) is 13.3. The first-order valence-electron chi connectivity index (χ1n) is 8.07. The van der Waals surface area contributed by atoms with Crippen molar-refractivity contribution in [3.8, 4) is 0 Å². The molecule has 0 atom stereocenters. The molecule has 0 saturated heterocycles. The van der Waals surface area contributed by atoms with E-state index in [1.807, 2.05) is 18.3 Å². The number of aromatic nitrogens is 2. The summed E-state index contributed by atoms with van der Waals surface area (Å²) in [6, 6.07) is 6.29. The molecule has 0 radical (unpaired) electrons. The lowest BCUT2D eigenvalue weighted by molar-refractivity contribution is 0.715. The Morgan fingerprint density at radius 1 is 1.23 bits per heavy atom. The lowest BCUT2D eigenvalue weighted by atomic mass is 10.1. The number of allylic oxidation sites excluding steroid dienone is 2. The Morgan fingerprint density at radius 2 is 2.14 bits per heavy atom. The average molecular weight is 293 g/mol. The van der Waals surface area contributed by atoms with Gasteiger partial charge in [-0.3, -0.25) is 0 Å². The maximum atomic E-state index is 4.66. The molecule has 0 spiro atoms. The molecule has 0 aromatic carbocycles. The summed E-state index contributed by atoms with van der Waals surface area (Å²) < 4.78 is 0. The molecule has 1 aliphatic heterocycles. The van der Waals surface area contributed by atoms with Gasteiger partial charge in [-0.2, -0.15) is 0 Å². The Balaban J connectivity index is 1.73. The van der Waals surface area contributed by atoms with Gasteiger partial charge in [-0.05, 0) is 61.8 Å². The van der Waals surface area contributed by atoms with Crippen LogP contribution >= 0.6 is 0 Å². The number of H-pyrrole nitrogens is 2. The third-order valence-electron chi connectivity index (χ3n) is 4.03. The van der Waals surface area contributed by atoms with Gasteiger partial charge in [0.05, 0.1) is 17.1 Å². The number of rotatable bonds is 6. The van der Waals surface area contributed by atoms with Crippen molar-refractivity contribution in [2.45, 2.75) is 39.5 Å². The van der Waals surface area contributed by atoms with E-state index in [0.717, 1.165) is 29.2 Å². The highest BCUT2D eigenvalue weighted by Crippen LogP contribution is 2.19. The normalized spacial score (nSPS) is 15.7. The van der Waals surface area contributed by atoms with Crippen LogP contribution in [0.5, 0.6) is 0 Å². The number of hydrogen-bond acceptors (Lipinski definition) is 1. The minimum atomic E-state index is 0.989. The smallest absolute Gasteiger partial charge is 0.0872 e. The van der Waals surface area contributed by atoms with E-state index in [9.17, 15) is 0 Å². The first-order chi connectivity index (χ1) is 10.8. The molecular weight excluding hydrogens is 270 g/mol. The van der Waals surface area contributed by atoms with E-state index in [1.165, 1.54) is 30.5 Å². The van der Waals surface area contributed by atoms with Crippen molar-refractivity contribution < 1.29 is 0 Å². The van der Waals surface area contributed by atoms with E-state index in [4.69, 9.17) is 0 Å². The van der Waals surface area contributed by atoms with Gasteiger partial charge in [0.1, 0.15) is 0 Å². The topological polar surface area (TPSA) is 43.9 Å². The average Bonchev–Trinajstić information content (AvgIpc) is 3.21. The van der Waals surface area contributed by atoms with Crippen molar-refractivity contribution >= 4 is 11.8 Å². The maximum Gasteiger partial charge on any atom is 0.0872 e. The molecule has 114 valence electrons. The van der Waals surface area contributed by atoms with Gasteiger partial charge in [0.25, 0.3) is 0 Å². The molecule has 0 saturated carbocycles. The minimum absolute atomic E-state index is 0.989. The summed E-state index contributed by atoms with van der Waals surface area (Å²) in [5.74, 6) is 0. The number of aliphatic imine (C=N–C) groups is 1. The summed E-state index contributed by atoms with van der Waals surface area (Å²) in [6.07, 6.45) is 13.1. The van der Waals surface area contributed by atoms with E-state index < -0.39 is 0 Å². The molecule has 0 aliphatic carbocycles. The second kappa shape index (κ2) is 6.65. The van der Waals surface area contributed by atoms with Gasteiger partial charge in [0.2, 0.25) is 0 Å².